The molecule has 0 heterocycles. The van der Waals surface area contributed by atoms with Gasteiger partial charge < -0.3 is 4.74 Å². The molecular weight excluding hydrogens is 128 g/mol. The van der Waals surface area contributed by atoms with Gasteiger partial charge in [-0.3, -0.25) is 4.79 Å². The second-order valence-corrected chi connectivity index (χ2v) is 1.81. The van der Waals surface area contributed by atoms with Gasteiger partial charge in [0.2, 0.25) is 0 Å². The molecule has 0 aromatic carbocycles. The number of ether oxygens (including phenoxy) is 1. The fraction of sp³-hybridized carbons (Fsp3) is 0.375. The van der Waals surface area contributed by atoms with Gasteiger partial charge in [-0.25, -0.2) is 0 Å². The second-order valence-electron chi connectivity index (χ2n) is 1.81. The monoisotopic (exact) mass is 137 g/mol. The van der Waals surface area contributed by atoms with Crippen molar-refractivity contribution in [2.45, 2.75) is 13.8 Å². The molecular formula is C8H9O2. The number of carbonyl (C=O) groups excluding carboxylic acids is 1. The first kappa shape index (κ1) is 8.77. The third kappa shape index (κ3) is 4.92. The second kappa shape index (κ2) is 4.63. The first-order valence-corrected chi connectivity index (χ1v) is 2.89. The average Bonchev–Trinajstić information content (AvgIpc) is 1.87. The van der Waals surface area contributed by atoms with Crippen LogP contribution in [0, 0.1) is 12.3 Å². The minimum absolute atomic E-state index is 0.229. The zero-order valence-electron chi connectivity index (χ0n) is 6.10. The lowest BCUT2D eigenvalue weighted by atomic mass is 10.3. The molecule has 0 aromatic rings. The molecule has 0 atom stereocenters. The molecule has 2 nitrogen and oxygen atoms in total. The summed E-state index contributed by atoms with van der Waals surface area (Å²) in [5.41, 5.74) is 0.668. The highest BCUT2D eigenvalue weighted by atomic mass is 16.5. The van der Waals surface area contributed by atoms with Crippen molar-refractivity contribution in [3.05, 3.63) is 18.1 Å². The van der Waals surface area contributed by atoms with Crippen molar-refractivity contribution in [3.63, 3.8) is 0 Å². The highest BCUT2D eigenvalue weighted by Gasteiger charge is 1.87. The largest absolute Gasteiger partial charge is 0.462 e. The van der Waals surface area contributed by atoms with Crippen molar-refractivity contribution >= 4 is 5.97 Å². The molecule has 0 unspecified atom stereocenters. The Hall–Kier alpha value is -1.23. The van der Waals surface area contributed by atoms with Gasteiger partial charge in [0, 0.05) is 6.92 Å². The van der Waals surface area contributed by atoms with E-state index in [1.54, 1.807) is 13.0 Å². The molecule has 2 heteroatoms. The molecule has 0 aliphatic carbocycles. The van der Waals surface area contributed by atoms with Crippen LogP contribution in [0.2, 0.25) is 0 Å². The van der Waals surface area contributed by atoms with Crippen molar-refractivity contribution < 1.29 is 9.53 Å². The van der Waals surface area contributed by atoms with E-state index in [4.69, 9.17) is 6.42 Å². The molecule has 0 N–H and O–H groups in total. The lowest BCUT2D eigenvalue weighted by Gasteiger charge is -1.94. The smallest absolute Gasteiger partial charge is 0.302 e. The van der Waals surface area contributed by atoms with Gasteiger partial charge in [0.15, 0.2) is 0 Å². The molecule has 1 radical (unpaired) electrons. The van der Waals surface area contributed by atoms with Crippen molar-refractivity contribution in [1.29, 1.82) is 0 Å². The highest BCUT2D eigenvalue weighted by molar-refractivity contribution is 5.66. The molecule has 0 bridgehead atoms. The van der Waals surface area contributed by atoms with E-state index in [1.807, 2.05) is 0 Å². The van der Waals surface area contributed by atoms with Crippen LogP contribution in [0.1, 0.15) is 13.8 Å². The molecule has 0 saturated carbocycles. The van der Waals surface area contributed by atoms with Crippen molar-refractivity contribution in [2.75, 3.05) is 6.61 Å². The number of carbonyl (C=O) groups is 1. The van der Waals surface area contributed by atoms with Crippen molar-refractivity contribution in [1.82, 2.24) is 0 Å². The summed E-state index contributed by atoms with van der Waals surface area (Å²) < 4.78 is 4.58. The van der Waals surface area contributed by atoms with Gasteiger partial charge in [0.25, 0.3) is 0 Å². The Morgan fingerprint density at radius 1 is 1.70 bits per heavy atom. The minimum Gasteiger partial charge on any atom is -0.462 e. The van der Waals surface area contributed by atoms with E-state index in [1.165, 1.54) is 6.92 Å². The van der Waals surface area contributed by atoms with Crippen molar-refractivity contribution in [2.24, 2.45) is 0 Å². The summed E-state index contributed by atoms with van der Waals surface area (Å²) in [6.07, 6.45) is 8.26. The Morgan fingerprint density at radius 3 is 2.70 bits per heavy atom. The molecule has 0 saturated heterocycles. The van der Waals surface area contributed by atoms with Gasteiger partial charge in [0.05, 0.1) is 0 Å². The molecule has 0 fully saturated rings. The van der Waals surface area contributed by atoms with Gasteiger partial charge >= 0.3 is 5.97 Å². The van der Waals surface area contributed by atoms with E-state index in [-0.39, 0.29) is 12.6 Å². The molecule has 0 amide bonds. The van der Waals surface area contributed by atoms with Crippen LogP contribution < -0.4 is 0 Å². The Balaban J connectivity index is 3.56. The van der Waals surface area contributed by atoms with E-state index in [0.29, 0.717) is 5.57 Å². The van der Waals surface area contributed by atoms with Crippen LogP contribution in [0.4, 0.5) is 0 Å². The number of hydrogen-bond acceptors (Lipinski definition) is 2. The van der Waals surface area contributed by atoms with Gasteiger partial charge in [-0.2, -0.15) is 0 Å². The van der Waals surface area contributed by atoms with Gasteiger partial charge in [-0.05, 0) is 25.0 Å². The summed E-state index contributed by atoms with van der Waals surface area (Å²) in [4.78, 5) is 10.2. The fourth-order valence-corrected chi connectivity index (χ4v) is 0.335. The first-order chi connectivity index (χ1) is 4.66. The Morgan fingerprint density at radius 2 is 2.30 bits per heavy atom. The fourth-order valence-electron chi connectivity index (χ4n) is 0.335. The molecule has 0 spiro atoms. The van der Waals surface area contributed by atoms with E-state index in [0.717, 1.165) is 0 Å². The zero-order chi connectivity index (χ0) is 7.98. The quantitative estimate of drug-likeness (QED) is 0.420. The molecule has 0 aliphatic rings. The normalized spacial score (nSPS) is 10.3. The summed E-state index contributed by atoms with van der Waals surface area (Å²) in [6, 6.07) is 0. The first-order valence-electron chi connectivity index (χ1n) is 2.89. The maximum atomic E-state index is 10.2. The summed E-state index contributed by atoms with van der Waals surface area (Å²) in [5.74, 6) is 1.85. The Bertz CT molecular complexity index is 184. The molecule has 0 aromatic heterocycles. The van der Waals surface area contributed by atoms with E-state index < -0.39 is 0 Å². The van der Waals surface area contributed by atoms with Crippen molar-refractivity contribution in [3.8, 4) is 5.92 Å². The molecule has 10 heavy (non-hydrogen) atoms. The van der Waals surface area contributed by atoms with Crippen LogP contribution >= 0.6 is 0 Å². The van der Waals surface area contributed by atoms with Gasteiger partial charge in [-0.1, -0.05) is 5.92 Å². The van der Waals surface area contributed by atoms with E-state index in [9.17, 15) is 4.79 Å². The maximum Gasteiger partial charge on any atom is 0.302 e. The minimum atomic E-state index is -0.311. The van der Waals surface area contributed by atoms with E-state index in [2.05, 4.69) is 10.7 Å². The van der Waals surface area contributed by atoms with Gasteiger partial charge in [0.1, 0.15) is 6.61 Å². The number of rotatable bonds is 2. The number of allylic oxidation sites excluding steroid dienone is 1. The maximum absolute atomic E-state index is 10.2. The Kier molecular flexibility index (Phi) is 4.06. The van der Waals surface area contributed by atoms with E-state index >= 15 is 0 Å². The number of esters is 1. The third-order valence-electron chi connectivity index (χ3n) is 0.873. The summed E-state index contributed by atoms with van der Waals surface area (Å²) in [5, 5.41) is 0. The topological polar surface area (TPSA) is 26.3 Å². The third-order valence-corrected chi connectivity index (χ3v) is 0.873. The summed E-state index contributed by atoms with van der Waals surface area (Å²) in [7, 11) is 0. The molecule has 0 rings (SSSR count). The van der Waals surface area contributed by atoms with Crippen LogP contribution in [-0.4, -0.2) is 12.6 Å². The molecule has 0 aliphatic heterocycles. The Labute approximate surface area is 60.9 Å². The lowest BCUT2D eigenvalue weighted by Crippen LogP contribution is -1.97. The summed E-state index contributed by atoms with van der Waals surface area (Å²) in [6.45, 7) is 3.29. The van der Waals surface area contributed by atoms with Crippen LogP contribution in [0.25, 0.3) is 0 Å². The van der Waals surface area contributed by atoms with Crippen LogP contribution in [0.5, 0.6) is 0 Å². The average molecular weight is 137 g/mol. The zero-order valence-corrected chi connectivity index (χ0v) is 6.10. The van der Waals surface area contributed by atoms with Crippen LogP contribution in [-0.2, 0) is 9.53 Å². The SMILES string of the molecule is [C]#CC(C)=CCOC(C)=O. The van der Waals surface area contributed by atoms with Crippen LogP contribution in [0.3, 0.4) is 0 Å². The summed E-state index contributed by atoms with van der Waals surface area (Å²) >= 11 is 0. The van der Waals surface area contributed by atoms with Crippen LogP contribution in [0.15, 0.2) is 11.6 Å². The molecule has 53 valence electrons. The predicted octanol–water partition coefficient (Wildman–Crippen LogP) is 1.09. The van der Waals surface area contributed by atoms with Gasteiger partial charge in [-0.15, -0.1) is 0 Å². The predicted molar refractivity (Wildman–Crippen MR) is 37.5 cm³/mol. The standard InChI is InChI=1S/C8H9O2/c1-4-7(2)5-6-10-8(3)9/h5H,6H2,2-3H3. The highest BCUT2D eigenvalue weighted by Crippen LogP contribution is 1.88. The lowest BCUT2D eigenvalue weighted by molar-refractivity contribution is -0.139. The number of hydrogen-bond donors (Lipinski definition) is 0.